The van der Waals surface area contributed by atoms with E-state index in [9.17, 15) is 9.59 Å². The third kappa shape index (κ3) is 4.02. The molecule has 3 rings (SSSR count). The van der Waals surface area contributed by atoms with E-state index < -0.39 is 11.8 Å². The Morgan fingerprint density at radius 3 is 2.61 bits per heavy atom. The average molecular weight is 334 g/mol. The van der Waals surface area contributed by atoms with E-state index >= 15 is 0 Å². The Morgan fingerprint density at radius 1 is 1.13 bits per heavy atom. The highest BCUT2D eigenvalue weighted by atomic mass is 32.2. The van der Waals surface area contributed by atoms with Crippen molar-refractivity contribution in [1.82, 2.24) is 5.32 Å². The standard InChI is InChI=1S/C15H18N4O3S/c20-13(14(21)18-15-16-5-10-23-15)17-11-3-1-2-4-12(11)19-6-8-22-9-7-19/h1-4H,5-10H2,(H,17,20)(H,16,18,21). The van der Waals surface area contributed by atoms with Gasteiger partial charge in [0.25, 0.3) is 0 Å². The van der Waals surface area contributed by atoms with Crippen LogP contribution in [0.4, 0.5) is 11.4 Å². The largest absolute Gasteiger partial charge is 0.378 e. The van der Waals surface area contributed by atoms with Gasteiger partial charge in [-0.05, 0) is 12.1 Å². The summed E-state index contributed by atoms with van der Waals surface area (Å²) in [5.41, 5.74) is 1.51. The molecule has 0 saturated carbocycles. The fourth-order valence-electron chi connectivity index (χ4n) is 2.40. The van der Waals surface area contributed by atoms with Crippen molar-refractivity contribution in [2.75, 3.05) is 48.8 Å². The molecule has 0 unspecified atom stereocenters. The van der Waals surface area contributed by atoms with Crippen molar-refractivity contribution in [1.29, 1.82) is 0 Å². The number of morpholine rings is 1. The number of thioether (sulfide) groups is 1. The van der Waals surface area contributed by atoms with Gasteiger partial charge in [-0.1, -0.05) is 23.9 Å². The Hall–Kier alpha value is -2.06. The Kier molecular flexibility index (Phi) is 5.14. The molecule has 0 spiro atoms. The maximum Gasteiger partial charge on any atom is 0.315 e. The van der Waals surface area contributed by atoms with Gasteiger partial charge in [-0.15, -0.1) is 0 Å². The number of carbonyl (C=O) groups is 2. The van der Waals surface area contributed by atoms with E-state index in [1.165, 1.54) is 11.8 Å². The second kappa shape index (κ2) is 7.47. The molecular weight excluding hydrogens is 316 g/mol. The number of rotatable bonds is 2. The minimum absolute atomic E-state index is 0.506. The lowest BCUT2D eigenvalue weighted by Gasteiger charge is -2.30. The molecule has 0 atom stereocenters. The van der Waals surface area contributed by atoms with Crippen LogP contribution in [0.3, 0.4) is 0 Å². The predicted molar refractivity (Wildman–Crippen MR) is 91.0 cm³/mol. The highest BCUT2D eigenvalue weighted by molar-refractivity contribution is 8.14. The number of benzene rings is 1. The third-order valence-corrected chi connectivity index (χ3v) is 4.41. The summed E-state index contributed by atoms with van der Waals surface area (Å²) in [6, 6.07) is 7.45. The quantitative estimate of drug-likeness (QED) is 0.777. The molecule has 2 N–H and O–H groups in total. The Bertz CT molecular complexity index is 629. The second-order valence-electron chi connectivity index (χ2n) is 5.06. The van der Waals surface area contributed by atoms with Crippen molar-refractivity contribution < 1.29 is 14.3 Å². The zero-order valence-corrected chi connectivity index (χ0v) is 13.4. The highest BCUT2D eigenvalue weighted by Gasteiger charge is 2.20. The van der Waals surface area contributed by atoms with Crippen molar-refractivity contribution in [3.63, 3.8) is 0 Å². The van der Waals surface area contributed by atoms with Crippen molar-refractivity contribution >= 4 is 40.1 Å². The van der Waals surface area contributed by atoms with Crippen LogP contribution in [0.15, 0.2) is 29.3 Å². The summed E-state index contributed by atoms with van der Waals surface area (Å²) in [6.07, 6.45) is 0. The first-order valence-corrected chi connectivity index (χ1v) is 8.44. The number of para-hydroxylation sites is 2. The van der Waals surface area contributed by atoms with Gasteiger partial charge < -0.3 is 15.0 Å². The van der Waals surface area contributed by atoms with Gasteiger partial charge in [-0.2, -0.15) is 0 Å². The summed E-state index contributed by atoms with van der Waals surface area (Å²) in [5.74, 6) is -0.562. The first-order chi connectivity index (χ1) is 11.2. The number of hydrogen-bond acceptors (Lipinski definition) is 6. The Balaban J connectivity index is 1.66. The van der Waals surface area contributed by atoms with Crippen LogP contribution in [-0.4, -0.2) is 55.6 Å². The van der Waals surface area contributed by atoms with Crippen molar-refractivity contribution in [3.8, 4) is 0 Å². The summed E-state index contributed by atoms with van der Waals surface area (Å²) in [5, 5.41) is 5.72. The van der Waals surface area contributed by atoms with Crippen LogP contribution in [-0.2, 0) is 14.3 Å². The van der Waals surface area contributed by atoms with E-state index in [1.807, 2.05) is 18.2 Å². The monoisotopic (exact) mass is 334 g/mol. The summed E-state index contributed by atoms with van der Waals surface area (Å²) in [6.45, 7) is 3.49. The molecule has 2 heterocycles. The molecule has 2 aliphatic rings. The molecule has 0 aliphatic carbocycles. The highest BCUT2D eigenvalue weighted by Crippen LogP contribution is 2.26. The van der Waals surface area contributed by atoms with Gasteiger partial charge >= 0.3 is 11.8 Å². The minimum Gasteiger partial charge on any atom is -0.378 e. The van der Waals surface area contributed by atoms with E-state index in [4.69, 9.17) is 4.74 Å². The molecule has 2 amide bonds. The molecule has 1 aromatic rings. The molecule has 1 aromatic carbocycles. The molecule has 122 valence electrons. The molecule has 0 aromatic heterocycles. The minimum atomic E-state index is -0.699. The Labute approximate surface area is 138 Å². The van der Waals surface area contributed by atoms with Crippen LogP contribution in [0.5, 0.6) is 0 Å². The fraction of sp³-hybridized carbons (Fsp3) is 0.400. The van der Waals surface area contributed by atoms with Gasteiger partial charge in [0.2, 0.25) is 0 Å². The van der Waals surface area contributed by atoms with Crippen LogP contribution < -0.4 is 15.5 Å². The second-order valence-corrected chi connectivity index (χ2v) is 6.14. The number of ether oxygens (including phenoxy) is 1. The first kappa shape index (κ1) is 15.8. The maximum atomic E-state index is 12.1. The van der Waals surface area contributed by atoms with E-state index in [2.05, 4.69) is 20.5 Å². The normalized spacial score (nSPS) is 17.6. The topological polar surface area (TPSA) is 83.0 Å². The molecule has 8 heteroatoms. The molecule has 0 bridgehead atoms. The maximum absolute atomic E-state index is 12.1. The van der Waals surface area contributed by atoms with Crippen molar-refractivity contribution in [3.05, 3.63) is 24.3 Å². The smallest absolute Gasteiger partial charge is 0.315 e. The lowest BCUT2D eigenvalue weighted by Crippen LogP contribution is -2.39. The lowest BCUT2D eigenvalue weighted by molar-refractivity contribution is -0.135. The molecule has 2 aliphatic heterocycles. The number of amides is 2. The van der Waals surface area contributed by atoms with E-state index in [0.29, 0.717) is 30.6 Å². The van der Waals surface area contributed by atoms with Crippen molar-refractivity contribution in [2.45, 2.75) is 0 Å². The SMILES string of the molecule is O=C(NC1=NCCS1)C(=O)Nc1ccccc1N1CCOCC1. The number of nitrogens with zero attached hydrogens (tertiary/aromatic N) is 2. The van der Waals surface area contributed by atoms with Crippen LogP contribution in [0.1, 0.15) is 0 Å². The van der Waals surface area contributed by atoms with Crippen molar-refractivity contribution in [2.24, 2.45) is 4.99 Å². The van der Waals surface area contributed by atoms with Gasteiger partial charge in [-0.25, -0.2) is 0 Å². The number of aliphatic imine (C=N–C) groups is 1. The number of amidine groups is 1. The average Bonchev–Trinajstić information content (AvgIpc) is 3.09. The van der Waals surface area contributed by atoms with Gasteiger partial charge in [0.15, 0.2) is 5.17 Å². The Morgan fingerprint density at radius 2 is 1.87 bits per heavy atom. The fourth-order valence-corrected chi connectivity index (χ4v) is 3.13. The summed E-state index contributed by atoms with van der Waals surface area (Å²) < 4.78 is 5.35. The number of carbonyl (C=O) groups excluding carboxylic acids is 2. The van der Waals surface area contributed by atoms with Gasteiger partial charge in [-0.3, -0.25) is 19.9 Å². The lowest BCUT2D eigenvalue weighted by atomic mass is 10.2. The molecule has 23 heavy (non-hydrogen) atoms. The zero-order chi connectivity index (χ0) is 16.1. The molecular formula is C15H18N4O3S. The zero-order valence-electron chi connectivity index (χ0n) is 12.6. The van der Waals surface area contributed by atoms with Crippen LogP contribution in [0, 0.1) is 0 Å². The van der Waals surface area contributed by atoms with Gasteiger partial charge in [0, 0.05) is 18.8 Å². The summed E-state index contributed by atoms with van der Waals surface area (Å²) >= 11 is 1.44. The summed E-state index contributed by atoms with van der Waals surface area (Å²) in [7, 11) is 0. The molecule has 1 fully saturated rings. The molecule has 7 nitrogen and oxygen atoms in total. The summed E-state index contributed by atoms with van der Waals surface area (Å²) in [4.78, 5) is 30.3. The van der Waals surface area contributed by atoms with Gasteiger partial charge in [0.1, 0.15) is 0 Å². The van der Waals surface area contributed by atoms with E-state index in [1.54, 1.807) is 6.07 Å². The van der Waals surface area contributed by atoms with Gasteiger partial charge in [0.05, 0.1) is 31.1 Å². The van der Waals surface area contributed by atoms with Crippen LogP contribution in [0.2, 0.25) is 0 Å². The molecule has 0 radical (unpaired) electrons. The van der Waals surface area contributed by atoms with Crippen LogP contribution >= 0.6 is 11.8 Å². The predicted octanol–water partition coefficient (Wildman–Crippen LogP) is 0.681. The van der Waals surface area contributed by atoms with E-state index in [0.717, 1.165) is 24.5 Å². The molecule has 1 saturated heterocycles. The third-order valence-electron chi connectivity index (χ3n) is 3.52. The first-order valence-electron chi connectivity index (χ1n) is 7.45. The van der Waals surface area contributed by atoms with Crippen LogP contribution in [0.25, 0.3) is 0 Å². The number of hydrogen-bond donors (Lipinski definition) is 2. The number of nitrogens with one attached hydrogen (secondary N) is 2. The number of anilines is 2. The van der Waals surface area contributed by atoms with E-state index in [-0.39, 0.29) is 0 Å².